The van der Waals surface area contributed by atoms with Gasteiger partial charge in [0.25, 0.3) is 0 Å². The highest BCUT2D eigenvalue weighted by atomic mass is 16.4. The SMILES string of the molecule is CCCCCCC(CCC(=O)O)c1ccccc1-c1ccccc1. The lowest BCUT2D eigenvalue weighted by Crippen LogP contribution is -2.05. The van der Waals surface area contributed by atoms with Gasteiger partial charge in [-0.2, -0.15) is 0 Å². The molecule has 0 spiro atoms. The van der Waals surface area contributed by atoms with Gasteiger partial charge in [0.15, 0.2) is 0 Å². The Morgan fingerprint density at radius 2 is 1.62 bits per heavy atom. The fourth-order valence-electron chi connectivity index (χ4n) is 3.30. The van der Waals surface area contributed by atoms with Crippen molar-refractivity contribution in [2.75, 3.05) is 0 Å². The lowest BCUT2D eigenvalue weighted by atomic mass is 9.84. The topological polar surface area (TPSA) is 37.3 Å². The van der Waals surface area contributed by atoms with Crippen LogP contribution in [-0.2, 0) is 4.79 Å². The Morgan fingerprint density at radius 3 is 2.33 bits per heavy atom. The molecule has 0 radical (unpaired) electrons. The van der Waals surface area contributed by atoms with Crippen LogP contribution in [0.15, 0.2) is 54.6 Å². The number of unbranched alkanes of at least 4 members (excludes halogenated alkanes) is 3. The molecule has 0 saturated heterocycles. The second kappa shape index (κ2) is 9.92. The molecule has 0 aliphatic rings. The van der Waals surface area contributed by atoms with Gasteiger partial charge in [-0.05, 0) is 35.4 Å². The Kier molecular flexibility index (Phi) is 7.54. The van der Waals surface area contributed by atoms with E-state index < -0.39 is 5.97 Å². The van der Waals surface area contributed by atoms with Gasteiger partial charge in [-0.25, -0.2) is 0 Å². The molecule has 1 unspecified atom stereocenters. The highest BCUT2D eigenvalue weighted by molar-refractivity contribution is 5.69. The molecule has 2 aromatic carbocycles. The average Bonchev–Trinajstić information content (AvgIpc) is 2.62. The normalized spacial score (nSPS) is 12.0. The van der Waals surface area contributed by atoms with Gasteiger partial charge >= 0.3 is 5.97 Å². The molecule has 2 aromatic rings. The van der Waals surface area contributed by atoms with Crippen LogP contribution in [0.5, 0.6) is 0 Å². The first-order valence-electron chi connectivity index (χ1n) is 9.08. The molecule has 24 heavy (non-hydrogen) atoms. The van der Waals surface area contributed by atoms with Crippen molar-refractivity contribution in [2.45, 2.75) is 57.8 Å². The second-order valence-corrected chi connectivity index (χ2v) is 6.43. The molecule has 128 valence electrons. The van der Waals surface area contributed by atoms with Gasteiger partial charge in [0.2, 0.25) is 0 Å². The number of rotatable bonds is 10. The van der Waals surface area contributed by atoms with Crippen molar-refractivity contribution >= 4 is 5.97 Å². The minimum atomic E-state index is -0.703. The molecular weight excluding hydrogens is 296 g/mol. The summed E-state index contributed by atoms with van der Waals surface area (Å²) in [6.45, 7) is 2.21. The summed E-state index contributed by atoms with van der Waals surface area (Å²) in [6, 6.07) is 18.9. The number of carbonyl (C=O) groups is 1. The van der Waals surface area contributed by atoms with Crippen LogP contribution < -0.4 is 0 Å². The zero-order chi connectivity index (χ0) is 17.2. The van der Waals surface area contributed by atoms with Crippen LogP contribution in [0.2, 0.25) is 0 Å². The van der Waals surface area contributed by atoms with Crippen LogP contribution in [0.25, 0.3) is 11.1 Å². The highest BCUT2D eigenvalue weighted by Crippen LogP contribution is 2.35. The Hall–Kier alpha value is -2.09. The van der Waals surface area contributed by atoms with Gasteiger partial charge in [0.1, 0.15) is 0 Å². The predicted octanol–water partition coefficient (Wildman–Crippen LogP) is 6.27. The van der Waals surface area contributed by atoms with Crippen molar-refractivity contribution in [1.82, 2.24) is 0 Å². The van der Waals surface area contributed by atoms with E-state index >= 15 is 0 Å². The largest absolute Gasteiger partial charge is 0.481 e. The molecule has 0 heterocycles. The van der Waals surface area contributed by atoms with Crippen LogP contribution in [0, 0.1) is 0 Å². The number of hydrogen-bond acceptors (Lipinski definition) is 1. The van der Waals surface area contributed by atoms with E-state index in [1.54, 1.807) is 0 Å². The third-order valence-electron chi connectivity index (χ3n) is 4.60. The summed E-state index contributed by atoms with van der Waals surface area (Å²) in [4.78, 5) is 11.1. The third kappa shape index (κ3) is 5.52. The maximum Gasteiger partial charge on any atom is 0.303 e. The second-order valence-electron chi connectivity index (χ2n) is 6.43. The first-order chi connectivity index (χ1) is 11.7. The van der Waals surface area contributed by atoms with E-state index in [-0.39, 0.29) is 6.42 Å². The van der Waals surface area contributed by atoms with E-state index in [4.69, 9.17) is 5.11 Å². The summed E-state index contributed by atoms with van der Waals surface area (Å²) in [5.41, 5.74) is 3.74. The van der Waals surface area contributed by atoms with Crippen LogP contribution in [0.1, 0.15) is 63.4 Å². The van der Waals surface area contributed by atoms with Gasteiger partial charge in [-0.15, -0.1) is 0 Å². The summed E-state index contributed by atoms with van der Waals surface area (Å²) >= 11 is 0. The fourth-order valence-corrected chi connectivity index (χ4v) is 3.30. The van der Waals surface area contributed by atoms with Crippen molar-refractivity contribution in [2.24, 2.45) is 0 Å². The van der Waals surface area contributed by atoms with Crippen molar-refractivity contribution in [3.05, 3.63) is 60.2 Å². The van der Waals surface area contributed by atoms with Gasteiger partial charge < -0.3 is 5.11 Å². The Bertz CT molecular complexity index is 619. The molecule has 2 heteroatoms. The monoisotopic (exact) mass is 324 g/mol. The van der Waals surface area contributed by atoms with Crippen LogP contribution in [0.3, 0.4) is 0 Å². The van der Waals surface area contributed by atoms with Crippen molar-refractivity contribution < 1.29 is 9.90 Å². The zero-order valence-corrected chi connectivity index (χ0v) is 14.6. The quantitative estimate of drug-likeness (QED) is 0.523. The molecule has 0 fully saturated rings. The number of benzene rings is 2. The Labute approximate surface area is 145 Å². The summed E-state index contributed by atoms with van der Waals surface area (Å²) in [5, 5.41) is 9.11. The molecule has 2 nitrogen and oxygen atoms in total. The summed E-state index contributed by atoms with van der Waals surface area (Å²) in [7, 11) is 0. The first-order valence-corrected chi connectivity index (χ1v) is 9.08. The highest BCUT2D eigenvalue weighted by Gasteiger charge is 2.17. The number of carboxylic acid groups (broad SMARTS) is 1. The van der Waals surface area contributed by atoms with Crippen molar-refractivity contribution in [3.8, 4) is 11.1 Å². The van der Waals surface area contributed by atoms with Gasteiger partial charge in [-0.1, -0.05) is 87.2 Å². The smallest absolute Gasteiger partial charge is 0.303 e. The summed E-state index contributed by atoms with van der Waals surface area (Å²) in [5.74, 6) is -0.389. The standard InChI is InChI=1S/C22H28O2/c1-2-3-4-6-13-19(16-17-22(23)24)21-15-10-9-14-20(21)18-11-7-5-8-12-18/h5,7-12,14-15,19H,2-4,6,13,16-17H2,1H3,(H,23,24). The van der Waals surface area contributed by atoms with E-state index in [1.807, 2.05) is 6.07 Å². The minimum absolute atomic E-state index is 0.238. The molecular formula is C22H28O2. The fraction of sp³-hybridized carbons (Fsp3) is 0.409. The van der Waals surface area contributed by atoms with E-state index in [0.29, 0.717) is 12.3 Å². The van der Waals surface area contributed by atoms with Crippen molar-refractivity contribution in [3.63, 3.8) is 0 Å². The molecule has 0 amide bonds. The predicted molar refractivity (Wildman–Crippen MR) is 100 cm³/mol. The minimum Gasteiger partial charge on any atom is -0.481 e. The molecule has 0 aliphatic carbocycles. The number of aliphatic carboxylic acids is 1. The number of carboxylic acids is 1. The lowest BCUT2D eigenvalue weighted by molar-refractivity contribution is -0.137. The van der Waals surface area contributed by atoms with Gasteiger partial charge in [0, 0.05) is 6.42 Å². The lowest BCUT2D eigenvalue weighted by Gasteiger charge is -2.20. The average molecular weight is 324 g/mol. The van der Waals surface area contributed by atoms with E-state index in [2.05, 4.69) is 55.5 Å². The molecule has 1 N–H and O–H groups in total. The van der Waals surface area contributed by atoms with E-state index in [0.717, 1.165) is 6.42 Å². The van der Waals surface area contributed by atoms with Crippen LogP contribution in [0.4, 0.5) is 0 Å². The van der Waals surface area contributed by atoms with Crippen molar-refractivity contribution in [1.29, 1.82) is 0 Å². The van der Waals surface area contributed by atoms with E-state index in [1.165, 1.54) is 42.4 Å². The molecule has 0 aliphatic heterocycles. The van der Waals surface area contributed by atoms with Crippen LogP contribution in [-0.4, -0.2) is 11.1 Å². The molecule has 0 aromatic heterocycles. The Balaban J connectivity index is 2.22. The number of hydrogen-bond donors (Lipinski definition) is 1. The van der Waals surface area contributed by atoms with E-state index in [9.17, 15) is 4.79 Å². The summed E-state index contributed by atoms with van der Waals surface area (Å²) in [6.07, 6.45) is 6.89. The third-order valence-corrected chi connectivity index (χ3v) is 4.60. The maximum atomic E-state index is 11.1. The Morgan fingerprint density at radius 1 is 0.917 bits per heavy atom. The molecule has 0 saturated carbocycles. The summed E-state index contributed by atoms with van der Waals surface area (Å²) < 4.78 is 0. The molecule has 2 rings (SSSR count). The van der Waals surface area contributed by atoms with Crippen LogP contribution >= 0.6 is 0 Å². The zero-order valence-electron chi connectivity index (χ0n) is 14.6. The van der Waals surface area contributed by atoms with Gasteiger partial charge in [-0.3, -0.25) is 4.79 Å². The maximum absolute atomic E-state index is 11.1. The first kappa shape index (κ1) is 18.3. The molecule has 1 atom stereocenters. The van der Waals surface area contributed by atoms with Gasteiger partial charge in [0.05, 0.1) is 0 Å². The molecule has 0 bridgehead atoms.